The second kappa shape index (κ2) is 7.85. The number of fused-ring (bicyclic) bond motifs is 1. The zero-order chi connectivity index (χ0) is 17.6. The lowest BCUT2D eigenvalue weighted by atomic mass is 10.1. The van der Waals surface area contributed by atoms with Crippen molar-refractivity contribution in [2.24, 2.45) is 0 Å². The van der Waals surface area contributed by atoms with E-state index in [4.69, 9.17) is 9.47 Å². The lowest BCUT2D eigenvalue weighted by Crippen LogP contribution is -2.38. The predicted molar refractivity (Wildman–Crippen MR) is 89.0 cm³/mol. The first kappa shape index (κ1) is 17.0. The number of benzene rings is 2. The van der Waals surface area contributed by atoms with Gasteiger partial charge < -0.3 is 25.2 Å². The highest BCUT2D eigenvalue weighted by atomic mass is 19.1. The second-order valence-corrected chi connectivity index (χ2v) is 5.61. The smallest absolute Gasteiger partial charge is 0.314 e. The number of hydrogen-bond acceptors (Lipinski definition) is 4. The maximum absolute atomic E-state index is 13.5. The third-order valence-corrected chi connectivity index (χ3v) is 3.86. The Bertz CT molecular complexity index is 754. The summed E-state index contributed by atoms with van der Waals surface area (Å²) in [5, 5.41) is 15.2. The van der Waals surface area contributed by atoms with E-state index in [1.807, 2.05) is 18.2 Å². The maximum Gasteiger partial charge on any atom is 0.314 e. The van der Waals surface area contributed by atoms with Crippen LogP contribution in [0.2, 0.25) is 0 Å². The standard InChI is InChI=1S/C18H19FN2O4/c19-14-4-2-1-3-13(14)15(22)10-21-18(23)20-8-7-12-5-6-16-17(9-12)25-11-24-16/h1-6,9,15,22H,7-8,10-11H2,(H2,20,21,23). The molecule has 1 aliphatic heterocycles. The number of rotatable bonds is 6. The van der Waals surface area contributed by atoms with Crippen LogP contribution < -0.4 is 20.1 Å². The number of carbonyl (C=O) groups excluding carboxylic acids is 1. The molecule has 2 amide bonds. The Balaban J connectivity index is 1.40. The molecule has 0 aliphatic carbocycles. The van der Waals surface area contributed by atoms with E-state index in [0.29, 0.717) is 18.7 Å². The molecule has 2 aromatic rings. The third-order valence-electron chi connectivity index (χ3n) is 3.86. The van der Waals surface area contributed by atoms with Crippen molar-refractivity contribution in [2.45, 2.75) is 12.5 Å². The van der Waals surface area contributed by atoms with Gasteiger partial charge in [-0.3, -0.25) is 0 Å². The molecular weight excluding hydrogens is 327 g/mol. The molecule has 132 valence electrons. The average Bonchev–Trinajstić information content (AvgIpc) is 3.08. The van der Waals surface area contributed by atoms with Crippen molar-refractivity contribution in [2.75, 3.05) is 19.9 Å². The topological polar surface area (TPSA) is 79.8 Å². The fourth-order valence-corrected chi connectivity index (χ4v) is 2.52. The zero-order valence-electron chi connectivity index (χ0n) is 13.5. The number of aliphatic hydroxyl groups excluding tert-OH is 1. The van der Waals surface area contributed by atoms with E-state index in [1.165, 1.54) is 12.1 Å². The molecule has 3 N–H and O–H groups in total. The summed E-state index contributed by atoms with van der Waals surface area (Å²) in [5.74, 6) is 0.923. The van der Waals surface area contributed by atoms with Crippen LogP contribution in [0.15, 0.2) is 42.5 Å². The predicted octanol–water partition coefficient (Wildman–Crippen LogP) is 2.13. The highest BCUT2D eigenvalue weighted by Crippen LogP contribution is 2.32. The minimum Gasteiger partial charge on any atom is -0.454 e. The van der Waals surface area contributed by atoms with Gasteiger partial charge in [0.15, 0.2) is 11.5 Å². The van der Waals surface area contributed by atoms with E-state index >= 15 is 0 Å². The summed E-state index contributed by atoms with van der Waals surface area (Å²) in [6, 6.07) is 11.1. The fraction of sp³-hybridized carbons (Fsp3) is 0.278. The van der Waals surface area contributed by atoms with Crippen LogP contribution in [0.5, 0.6) is 11.5 Å². The number of nitrogens with one attached hydrogen (secondary N) is 2. The van der Waals surface area contributed by atoms with Crippen LogP contribution in [0, 0.1) is 5.82 Å². The lowest BCUT2D eigenvalue weighted by Gasteiger charge is -2.13. The van der Waals surface area contributed by atoms with Gasteiger partial charge in [-0.2, -0.15) is 0 Å². The highest BCUT2D eigenvalue weighted by molar-refractivity contribution is 5.73. The van der Waals surface area contributed by atoms with Crippen LogP contribution in [0.4, 0.5) is 9.18 Å². The first-order valence-corrected chi connectivity index (χ1v) is 7.96. The van der Waals surface area contributed by atoms with E-state index in [1.54, 1.807) is 12.1 Å². The lowest BCUT2D eigenvalue weighted by molar-refractivity contribution is 0.169. The van der Waals surface area contributed by atoms with E-state index in [0.717, 1.165) is 11.3 Å². The van der Waals surface area contributed by atoms with Gasteiger partial charge in [0.25, 0.3) is 0 Å². The monoisotopic (exact) mass is 346 g/mol. The molecule has 0 spiro atoms. The Morgan fingerprint density at radius 2 is 1.96 bits per heavy atom. The van der Waals surface area contributed by atoms with Crippen molar-refractivity contribution in [3.8, 4) is 11.5 Å². The van der Waals surface area contributed by atoms with E-state index in [9.17, 15) is 14.3 Å². The summed E-state index contributed by atoms with van der Waals surface area (Å²) < 4.78 is 24.1. The van der Waals surface area contributed by atoms with Gasteiger partial charge in [-0.15, -0.1) is 0 Å². The van der Waals surface area contributed by atoms with Crippen LogP contribution in [0.1, 0.15) is 17.2 Å². The largest absolute Gasteiger partial charge is 0.454 e. The molecule has 6 nitrogen and oxygen atoms in total. The van der Waals surface area contributed by atoms with Crippen molar-refractivity contribution in [1.82, 2.24) is 10.6 Å². The van der Waals surface area contributed by atoms with Gasteiger partial charge in [-0.1, -0.05) is 24.3 Å². The summed E-state index contributed by atoms with van der Waals surface area (Å²) >= 11 is 0. The molecule has 7 heteroatoms. The molecule has 2 aromatic carbocycles. The number of ether oxygens (including phenoxy) is 2. The highest BCUT2D eigenvalue weighted by Gasteiger charge is 2.14. The summed E-state index contributed by atoms with van der Waals surface area (Å²) in [6.45, 7) is 0.571. The van der Waals surface area contributed by atoms with E-state index in [-0.39, 0.29) is 18.9 Å². The maximum atomic E-state index is 13.5. The van der Waals surface area contributed by atoms with Gasteiger partial charge in [0, 0.05) is 18.7 Å². The zero-order valence-corrected chi connectivity index (χ0v) is 13.5. The molecule has 1 atom stereocenters. The minimum absolute atomic E-state index is 0.0726. The molecule has 0 bridgehead atoms. The van der Waals surface area contributed by atoms with Crippen LogP contribution in [-0.2, 0) is 6.42 Å². The summed E-state index contributed by atoms with van der Waals surface area (Å²) in [4.78, 5) is 11.8. The van der Waals surface area contributed by atoms with Crippen molar-refractivity contribution >= 4 is 6.03 Å². The van der Waals surface area contributed by atoms with Crippen molar-refractivity contribution < 1.29 is 23.8 Å². The van der Waals surface area contributed by atoms with E-state index < -0.39 is 18.0 Å². The Morgan fingerprint density at radius 3 is 2.80 bits per heavy atom. The number of amides is 2. The number of aliphatic hydroxyl groups is 1. The number of urea groups is 1. The molecular formula is C18H19FN2O4. The van der Waals surface area contributed by atoms with Gasteiger partial charge in [0.05, 0.1) is 6.10 Å². The molecule has 25 heavy (non-hydrogen) atoms. The molecule has 0 radical (unpaired) electrons. The quantitative estimate of drug-likeness (QED) is 0.749. The van der Waals surface area contributed by atoms with Crippen LogP contribution >= 0.6 is 0 Å². The summed E-state index contributed by atoms with van der Waals surface area (Å²) in [5.41, 5.74) is 1.17. The number of carbonyl (C=O) groups is 1. The van der Waals surface area contributed by atoms with Gasteiger partial charge in [-0.05, 0) is 30.2 Å². The number of halogens is 1. The number of hydrogen-bond donors (Lipinski definition) is 3. The molecule has 3 rings (SSSR count). The third kappa shape index (κ3) is 4.39. The van der Waals surface area contributed by atoms with E-state index in [2.05, 4.69) is 10.6 Å². The van der Waals surface area contributed by atoms with Gasteiger partial charge in [-0.25, -0.2) is 9.18 Å². The summed E-state index contributed by atoms with van der Waals surface area (Å²) in [6.07, 6.45) is -0.472. The molecule has 0 saturated carbocycles. The molecule has 0 fully saturated rings. The Kier molecular flexibility index (Phi) is 5.35. The van der Waals surface area contributed by atoms with Crippen molar-refractivity contribution in [1.29, 1.82) is 0 Å². The van der Waals surface area contributed by atoms with Gasteiger partial charge in [0.2, 0.25) is 6.79 Å². The molecule has 0 saturated heterocycles. The SMILES string of the molecule is O=C(NCCc1ccc2c(c1)OCO2)NCC(O)c1ccccc1F. The molecule has 1 unspecified atom stereocenters. The van der Waals surface area contributed by atoms with Crippen LogP contribution in [0.25, 0.3) is 0 Å². The van der Waals surface area contributed by atoms with Crippen LogP contribution in [0.3, 0.4) is 0 Å². The molecule has 1 heterocycles. The fourth-order valence-electron chi connectivity index (χ4n) is 2.52. The van der Waals surface area contributed by atoms with Crippen LogP contribution in [-0.4, -0.2) is 31.0 Å². The molecule has 0 aromatic heterocycles. The van der Waals surface area contributed by atoms with Gasteiger partial charge >= 0.3 is 6.03 Å². The minimum atomic E-state index is -1.10. The normalized spacial score (nSPS) is 13.4. The van der Waals surface area contributed by atoms with Crippen molar-refractivity contribution in [3.63, 3.8) is 0 Å². The Morgan fingerprint density at radius 1 is 1.16 bits per heavy atom. The first-order valence-electron chi connectivity index (χ1n) is 7.96. The molecule has 1 aliphatic rings. The van der Waals surface area contributed by atoms with Crippen molar-refractivity contribution in [3.05, 3.63) is 59.4 Å². The first-order chi connectivity index (χ1) is 12.1. The Hall–Kier alpha value is -2.80. The average molecular weight is 346 g/mol. The second-order valence-electron chi connectivity index (χ2n) is 5.61. The summed E-state index contributed by atoms with van der Waals surface area (Å²) in [7, 11) is 0. The Labute approximate surface area is 144 Å². The van der Waals surface area contributed by atoms with Gasteiger partial charge in [0.1, 0.15) is 5.82 Å².